The molecule has 0 bridgehead atoms. The summed E-state index contributed by atoms with van der Waals surface area (Å²) in [7, 11) is 0. The minimum atomic E-state index is -0.716. The Hall–Kier alpha value is -4.12. The van der Waals surface area contributed by atoms with Crippen molar-refractivity contribution in [2.24, 2.45) is 0 Å². The van der Waals surface area contributed by atoms with Crippen molar-refractivity contribution >= 4 is 17.6 Å². The molecule has 3 aromatic rings. The number of carbonyl (C=O) groups excluding carboxylic acids is 2. The number of amides is 1. The van der Waals surface area contributed by atoms with E-state index in [0.717, 1.165) is 16.9 Å². The number of nitriles is 1. The molecule has 0 atom stereocenters. The molecule has 8 heteroatoms. The molecule has 1 aromatic heterocycles. The lowest BCUT2D eigenvalue weighted by Crippen LogP contribution is -2.24. The van der Waals surface area contributed by atoms with Crippen molar-refractivity contribution < 1.29 is 19.1 Å². The highest BCUT2D eigenvalue weighted by Crippen LogP contribution is 2.23. The number of aryl methyl sites for hydroxylation is 2. The number of carbonyl (C=O) groups is 2. The summed E-state index contributed by atoms with van der Waals surface area (Å²) >= 11 is 0. The summed E-state index contributed by atoms with van der Waals surface area (Å²) in [5, 5.41) is 16.3. The largest absolute Gasteiger partial charge is 0.481 e. The first-order valence-electron chi connectivity index (χ1n) is 9.59. The van der Waals surface area contributed by atoms with Gasteiger partial charge in [0.25, 0.3) is 5.91 Å². The number of hydrogen-bond acceptors (Lipinski definition) is 6. The number of rotatable bonds is 7. The van der Waals surface area contributed by atoms with Gasteiger partial charge >= 0.3 is 5.97 Å². The molecule has 0 saturated heterocycles. The van der Waals surface area contributed by atoms with Gasteiger partial charge in [-0.2, -0.15) is 10.4 Å². The maximum atomic E-state index is 12.3. The van der Waals surface area contributed by atoms with Crippen molar-refractivity contribution in [3.05, 3.63) is 71.0 Å². The Kier molecular flexibility index (Phi) is 6.67. The standard InChI is InChI=1S/C23H22N4O4/c1-15-8-10-19(11-9-15)27-17(3)23(16(2)26-27)25-21(28)13-31-22(29)14-30-20-7-5-4-6-18(20)12-24/h4-11H,13-14H2,1-3H3,(H,25,28). The van der Waals surface area contributed by atoms with E-state index in [2.05, 4.69) is 10.4 Å². The molecule has 3 rings (SSSR count). The fourth-order valence-corrected chi connectivity index (χ4v) is 2.95. The maximum absolute atomic E-state index is 12.3. The summed E-state index contributed by atoms with van der Waals surface area (Å²) in [6.07, 6.45) is 0. The topological polar surface area (TPSA) is 106 Å². The molecule has 0 aliphatic carbocycles. The first-order valence-corrected chi connectivity index (χ1v) is 9.59. The molecule has 1 N–H and O–H groups in total. The predicted octanol–water partition coefficient (Wildman–Crippen LogP) is 3.23. The zero-order chi connectivity index (χ0) is 22.4. The van der Waals surface area contributed by atoms with Crippen LogP contribution in [0.4, 0.5) is 5.69 Å². The minimum absolute atomic E-state index is 0.279. The lowest BCUT2D eigenvalue weighted by molar-refractivity contribution is -0.149. The van der Waals surface area contributed by atoms with Crippen LogP contribution in [0, 0.1) is 32.1 Å². The highest BCUT2D eigenvalue weighted by Gasteiger charge is 2.16. The van der Waals surface area contributed by atoms with Gasteiger partial charge in [0, 0.05) is 0 Å². The Balaban J connectivity index is 1.55. The van der Waals surface area contributed by atoms with Gasteiger partial charge in [-0.1, -0.05) is 29.8 Å². The number of aromatic nitrogens is 2. The van der Waals surface area contributed by atoms with E-state index in [1.54, 1.807) is 35.9 Å². The molecule has 31 heavy (non-hydrogen) atoms. The second-order valence-electron chi connectivity index (χ2n) is 6.90. The number of hydrogen-bond donors (Lipinski definition) is 1. The van der Waals surface area contributed by atoms with Crippen LogP contribution >= 0.6 is 0 Å². The number of benzene rings is 2. The summed E-state index contributed by atoms with van der Waals surface area (Å²) in [5.74, 6) is -0.923. The number of nitrogens with zero attached hydrogens (tertiary/aromatic N) is 3. The molecule has 0 aliphatic heterocycles. The molecular weight excluding hydrogens is 396 g/mol. The van der Waals surface area contributed by atoms with E-state index in [1.165, 1.54) is 0 Å². The van der Waals surface area contributed by atoms with Gasteiger partial charge in [0.05, 0.1) is 28.3 Å². The van der Waals surface area contributed by atoms with Crippen molar-refractivity contribution in [1.82, 2.24) is 9.78 Å². The van der Waals surface area contributed by atoms with Crippen LogP contribution in [0.1, 0.15) is 22.5 Å². The third-order valence-corrected chi connectivity index (χ3v) is 4.55. The third kappa shape index (κ3) is 5.28. The van der Waals surface area contributed by atoms with Gasteiger partial charge in [-0.3, -0.25) is 4.79 Å². The van der Waals surface area contributed by atoms with Crippen molar-refractivity contribution in [2.75, 3.05) is 18.5 Å². The molecule has 1 amide bonds. The van der Waals surface area contributed by atoms with Crippen LogP contribution in [0.25, 0.3) is 5.69 Å². The number of esters is 1. The Bertz CT molecular complexity index is 1140. The monoisotopic (exact) mass is 418 g/mol. The van der Waals surface area contributed by atoms with E-state index in [0.29, 0.717) is 16.9 Å². The third-order valence-electron chi connectivity index (χ3n) is 4.55. The maximum Gasteiger partial charge on any atom is 0.344 e. The number of ether oxygens (including phenoxy) is 2. The summed E-state index contributed by atoms with van der Waals surface area (Å²) in [6, 6.07) is 16.4. The lowest BCUT2D eigenvalue weighted by Gasteiger charge is -2.09. The second kappa shape index (κ2) is 9.59. The predicted molar refractivity (Wildman–Crippen MR) is 114 cm³/mol. The number of nitrogens with one attached hydrogen (secondary N) is 1. The molecular formula is C23H22N4O4. The quantitative estimate of drug-likeness (QED) is 0.591. The van der Waals surface area contributed by atoms with Crippen LogP contribution in [0.15, 0.2) is 48.5 Å². The van der Waals surface area contributed by atoms with E-state index in [1.807, 2.05) is 44.2 Å². The molecule has 8 nitrogen and oxygen atoms in total. The summed E-state index contributed by atoms with van der Waals surface area (Å²) in [6.45, 7) is 4.78. The fraction of sp³-hybridized carbons (Fsp3) is 0.217. The van der Waals surface area contributed by atoms with E-state index in [-0.39, 0.29) is 5.75 Å². The van der Waals surface area contributed by atoms with Crippen LogP contribution in [0.5, 0.6) is 5.75 Å². The summed E-state index contributed by atoms with van der Waals surface area (Å²) in [5.41, 5.74) is 4.31. The minimum Gasteiger partial charge on any atom is -0.481 e. The molecule has 0 fully saturated rings. The lowest BCUT2D eigenvalue weighted by atomic mass is 10.2. The van der Waals surface area contributed by atoms with E-state index >= 15 is 0 Å². The van der Waals surface area contributed by atoms with Gasteiger partial charge in [-0.05, 0) is 45.0 Å². The van der Waals surface area contributed by atoms with Crippen LogP contribution in [-0.2, 0) is 14.3 Å². The van der Waals surface area contributed by atoms with Crippen LogP contribution in [0.3, 0.4) is 0 Å². The summed E-state index contributed by atoms with van der Waals surface area (Å²) < 4.78 is 12.0. The normalized spacial score (nSPS) is 10.3. The molecule has 0 unspecified atom stereocenters. The fourth-order valence-electron chi connectivity index (χ4n) is 2.95. The Morgan fingerprint density at radius 2 is 1.77 bits per heavy atom. The molecule has 1 heterocycles. The van der Waals surface area contributed by atoms with Gasteiger partial charge in [0.1, 0.15) is 11.8 Å². The van der Waals surface area contributed by atoms with Crippen molar-refractivity contribution in [2.45, 2.75) is 20.8 Å². The smallest absolute Gasteiger partial charge is 0.344 e. The number of anilines is 1. The highest BCUT2D eigenvalue weighted by molar-refractivity contribution is 5.94. The molecule has 158 valence electrons. The summed E-state index contributed by atoms with van der Waals surface area (Å²) in [4.78, 5) is 24.2. The van der Waals surface area contributed by atoms with Gasteiger partial charge < -0.3 is 14.8 Å². The van der Waals surface area contributed by atoms with Crippen LogP contribution < -0.4 is 10.1 Å². The Morgan fingerprint density at radius 3 is 2.48 bits per heavy atom. The highest BCUT2D eigenvalue weighted by atomic mass is 16.6. The van der Waals surface area contributed by atoms with Gasteiger partial charge in [0.15, 0.2) is 13.2 Å². The molecule has 0 aliphatic rings. The molecule has 2 aromatic carbocycles. The first-order chi connectivity index (χ1) is 14.9. The van der Waals surface area contributed by atoms with Crippen molar-refractivity contribution in [1.29, 1.82) is 5.26 Å². The Morgan fingerprint density at radius 1 is 1.06 bits per heavy atom. The molecule has 0 spiro atoms. The van der Waals surface area contributed by atoms with Crippen molar-refractivity contribution in [3.8, 4) is 17.5 Å². The SMILES string of the molecule is Cc1ccc(-n2nc(C)c(NC(=O)COC(=O)COc3ccccc3C#N)c2C)cc1. The first kappa shape index (κ1) is 21.6. The van der Waals surface area contributed by atoms with Crippen LogP contribution in [-0.4, -0.2) is 34.9 Å². The molecule has 0 saturated carbocycles. The second-order valence-corrected chi connectivity index (χ2v) is 6.90. The van der Waals surface area contributed by atoms with Gasteiger partial charge in [0.2, 0.25) is 0 Å². The van der Waals surface area contributed by atoms with Crippen molar-refractivity contribution in [3.63, 3.8) is 0 Å². The Labute approximate surface area is 180 Å². The van der Waals surface area contributed by atoms with E-state index < -0.39 is 25.1 Å². The van der Waals surface area contributed by atoms with E-state index in [9.17, 15) is 9.59 Å². The van der Waals surface area contributed by atoms with Gasteiger partial charge in [-0.15, -0.1) is 0 Å². The number of para-hydroxylation sites is 1. The average Bonchev–Trinajstić information content (AvgIpc) is 3.05. The molecule has 0 radical (unpaired) electrons. The van der Waals surface area contributed by atoms with Crippen LogP contribution in [0.2, 0.25) is 0 Å². The van der Waals surface area contributed by atoms with E-state index in [4.69, 9.17) is 14.7 Å². The zero-order valence-electron chi connectivity index (χ0n) is 17.5. The van der Waals surface area contributed by atoms with Gasteiger partial charge in [-0.25, -0.2) is 9.48 Å². The zero-order valence-corrected chi connectivity index (χ0v) is 17.5. The average molecular weight is 418 g/mol.